The van der Waals surface area contributed by atoms with Crippen LogP contribution in [0.4, 0.5) is 5.69 Å². The minimum Gasteiger partial charge on any atom is -0.490 e. The second kappa shape index (κ2) is 12.0. The third-order valence-corrected chi connectivity index (χ3v) is 7.28. The summed E-state index contributed by atoms with van der Waals surface area (Å²) in [5.41, 5.74) is 4.13. The average Bonchev–Trinajstić information content (AvgIpc) is 3.23. The van der Waals surface area contributed by atoms with Gasteiger partial charge in [0.05, 0.1) is 23.1 Å². The molecule has 3 aromatic carbocycles. The van der Waals surface area contributed by atoms with Crippen molar-refractivity contribution in [3.8, 4) is 17.6 Å². The predicted octanol–water partition coefficient (Wildman–Crippen LogP) is 6.46. The molecule has 1 aliphatic heterocycles. The number of thioether (sulfide) groups is 1. The lowest BCUT2D eigenvalue weighted by atomic mass is 10.1. The van der Waals surface area contributed by atoms with Gasteiger partial charge in [-0.05, 0) is 60.9 Å². The number of ether oxygens (including phenoxy) is 2. The Labute approximate surface area is 223 Å². The molecule has 8 heteroatoms. The second-order valence-electron chi connectivity index (χ2n) is 7.99. The number of nitriles is 1. The number of anilines is 1. The first-order valence-electron chi connectivity index (χ1n) is 11.6. The van der Waals surface area contributed by atoms with Crippen LogP contribution in [0.5, 0.6) is 11.5 Å². The molecule has 3 aromatic rings. The fraction of sp³-hybridized carbons (Fsp3) is 0.214. The summed E-state index contributed by atoms with van der Waals surface area (Å²) in [6.45, 7) is 4.72. The number of nitrogens with one attached hydrogen (secondary N) is 2. The number of amides is 1. The molecule has 1 heterocycles. The average molecular weight is 565 g/mol. The van der Waals surface area contributed by atoms with Crippen LogP contribution in [0.1, 0.15) is 36.1 Å². The van der Waals surface area contributed by atoms with Crippen molar-refractivity contribution < 1.29 is 14.3 Å². The lowest BCUT2D eigenvalue weighted by molar-refractivity contribution is -0.116. The molecule has 0 radical (unpaired) electrons. The molecule has 0 aliphatic carbocycles. The highest BCUT2D eigenvalue weighted by atomic mass is 79.9. The Bertz CT molecular complexity index is 1320. The van der Waals surface area contributed by atoms with Gasteiger partial charge in [-0.3, -0.25) is 4.79 Å². The molecule has 0 aromatic heterocycles. The number of benzene rings is 3. The highest BCUT2D eigenvalue weighted by Crippen LogP contribution is 2.38. The van der Waals surface area contributed by atoms with Crippen molar-refractivity contribution in [1.82, 2.24) is 5.32 Å². The number of rotatable bonds is 9. The lowest BCUT2D eigenvalue weighted by Crippen LogP contribution is -2.30. The maximum absolute atomic E-state index is 12.7. The highest BCUT2D eigenvalue weighted by molar-refractivity contribution is 9.10. The Morgan fingerprint density at radius 2 is 1.86 bits per heavy atom. The molecule has 0 saturated carbocycles. The third-order valence-electron chi connectivity index (χ3n) is 5.56. The second-order valence-corrected chi connectivity index (χ2v) is 9.99. The molecule has 0 spiro atoms. The van der Waals surface area contributed by atoms with Crippen molar-refractivity contribution in [2.45, 2.75) is 32.4 Å². The molecule has 1 saturated heterocycles. The van der Waals surface area contributed by atoms with Crippen LogP contribution in [0, 0.1) is 11.3 Å². The molecule has 36 heavy (non-hydrogen) atoms. The van der Waals surface area contributed by atoms with Crippen molar-refractivity contribution in [3.05, 3.63) is 92.3 Å². The zero-order valence-corrected chi connectivity index (χ0v) is 22.4. The molecule has 6 nitrogen and oxygen atoms in total. The molecule has 1 fully saturated rings. The van der Waals surface area contributed by atoms with E-state index in [4.69, 9.17) is 9.47 Å². The summed E-state index contributed by atoms with van der Waals surface area (Å²) < 4.78 is 12.6. The van der Waals surface area contributed by atoms with Crippen molar-refractivity contribution >= 4 is 45.4 Å². The summed E-state index contributed by atoms with van der Waals surface area (Å²) in [6, 6.07) is 21.4. The van der Waals surface area contributed by atoms with E-state index in [1.165, 1.54) is 17.3 Å². The maximum Gasteiger partial charge on any atom is 0.260 e. The first-order chi connectivity index (χ1) is 17.5. The van der Waals surface area contributed by atoms with Crippen LogP contribution in [-0.2, 0) is 17.8 Å². The minimum atomic E-state index is -0.260. The quantitative estimate of drug-likeness (QED) is 0.290. The van der Waals surface area contributed by atoms with Crippen LogP contribution >= 0.6 is 27.7 Å². The molecule has 0 unspecified atom stereocenters. The molecule has 1 atom stereocenters. The van der Waals surface area contributed by atoms with Gasteiger partial charge in [0.1, 0.15) is 6.61 Å². The van der Waals surface area contributed by atoms with Crippen LogP contribution < -0.4 is 20.1 Å². The van der Waals surface area contributed by atoms with Gasteiger partial charge in [0.2, 0.25) is 0 Å². The van der Waals surface area contributed by atoms with Gasteiger partial charge in [-0.25, -0.2) is 0 Å². The topological polar surface area (TPSA) is 83.4 Å². The van der Waals surface area contributed by atoms with Gasteiger partial charge in [-0.1, -0.05) is 64.9 Å². The molecule has 1 amide bonds. The van der Waals surface area contributed by atoms with E-state index in [0.717, 1.165) is 27.7 Å². The van der Waals surface area contributed by atoms with Gasteiger partial charge >= 0.3 is 0 Å². The van der Waals surface area contributed by atoms with Crippen LogP contribution in [0.3, 0.4) is 0 Å². The van der Waals surface area contributed by atoms with Crippen LogP contribution in [0.15, 0.2) is 70.0 Å². The Morgan fingerprint density at radius 1 is 1.11 bits per heavy atom. The number of hydrogen-bond donors (Lipinski definition) is 2. The zero-order chi connectivity index (χ0) is 25.5. The Hall–Kier alpha value is -3.41. The molecule has 1 aliphatic rings. The number of carbonyl (C=O) groups is 1. The monoisotopic (exact) mass is 563 g/mol. The fourth-order valence-electron chi connectivity index (χ4n) is 3.65. The van der Waals surface area contributed by atoms with E-state index in [9.17, 15) is 10.1 Å². The lowest BCUT2D eigenvalue weighted by Gasteiger charge is -2.15. The van der Waals surface area contributed by atoms with Crippen molar-refractivity contribution in [3.63, 3.8) is 0 Å². The molecule has 2 N–H and O–H groups in total. The first-order valence-corrected chi connectivity index (χ1v) is 13.3. The van der Waals surface area contributed by atoms with Gasteiger partial charge in [0.15, 0.2) is 17.0 Å². The molecule has 4 rings (SSSR count). The van der Waals surface area contributed by atoms with E-state index in [-0.39, 0.29) is 18.0 Å². The Balaban J connectivity index is 1.51. The van der Waals surface area contributed by atoms with E-state index in [2.05, 4.69) is 51.7 Å². The number of hydrogen-bond acceptors (Lipinski definition) is 6. The number of nitrogens with zero attached hydrogens (tertiary/aromatic N) is 1. The third kappa shape index (κ3) is 6.23. The smallest absolute Gasteiger partial charge is 0.260 e. The van der Waals surface area contributed by atoms with Gasteiger partial charge in [0.25, 0.3) is 5.91 Å². The summed E-state index contributed by atoms with van der Waals surface area (Å²) in [5.74, 6) is 0.981. The SMILES string of the molecule is CCOc1cc(/C=C2\S[C@@H](Nc3ccc(CC)cc3)NC2=O)c(Br)cc1OCc1ccccc1C#N. The van der Waals surface area contributed by atoms with Crippen molar-refractivity contribution in [1.29, 1.82) is 5.26 Å². The molecule has 184 valence electrons. The Kier molecular flexibility index (Phi) is 8.57. The highest BCUT2D eigenvalue weighted by Gasteiger charge is 2.27. The number of halogens is 1. The van der Waals surface area contributed by atoms with Crippen LogP contribution in [-0.4, -0.2) is 18.0 Å². The van der Waals surface area contributed by atoms with Crippen LogP contribution in [0.25, 0.3) is 6.08 Å². The van der Waals surface area contributed by atoms with Gasteiger partial charge < -0.3 is 20.1 Å². The Morgan fingerprint density at radius 3 is 2.58 bits per heavy atom. The van der Waals surface area contributed by atoms with E-state index < -0.39 is 0 Å². The van der Waals surface area contributed by atoms with E-state index >= 15 is 0 Å². The van der Waals surface area contributed by atoms with Crippen molar-refractivity contribution in [2.75, 3.05) is 11.9 Å². The summed E-state index contributed by atoms with van der Waals surface area (Å²) in [7, 11) is 0. The normalized spacial score (nSPS) is 15.9. The summed E-state index contributed by atoms with van der Waals surface area (Å²) >= 11 is 5.04. The largest absolute Gasteiger partial charge is 0.490 e. The summed E-state index contributed by atoms with van der Waals surface area (Å²) in [4.78, 5) is 13.2. The fourth-order valence-corrected chi connectivity index (χ4v) is 5.06. The minimum absolute atomic E-state index is 0.138. The summed E-state index contributed by atoms with van der Waals surface area (Å²) in [5, 5.41) is 15.6. The number of carbonyl (C=O) groups excluding carboxylic acids is 1. The molecular weight excluding hydrogens is 538 g/mol. The van der Waals surface area contributed by atoms with Gasteiger partial charge in [-0.15, -0.1) is 0 Å². The van der Waals surface area contributed by atoms with Crippen molar-refractivity contribution in [2.24, 2.45) is 0 Å². The van der Waals surface area contributed by atoms with E-state index in [1.54, 1.807) is 6.07 Å². The predicted molar refractivity (Wildman–Crippen MR) is 148 cm³/mol. The first kappa shape index (κ1) is 25.7. The van der Waals surface area contributed by atoms with Gasteiger partial charge in [0, 0.05) is 15.7 Å². The summed E-state index contributed by atoms with van der Waals surface area (Å²) in [6.07, 6.45) is 2.82. The molecular formula is C28H26BrN3O3S. The van der Waals surface area contributed by atoms with Gasteiger partial charge in [-0.2, -0.15) is 5.26 Å². The molecule has 0 bridgehead atoms. The maximum atomic E-state index is 12.7. The van der Waals surface area contributed by atoms with E-state index in [0.29, 0.717) is 28.6 Å². The zero-order valence-electron chi connectivity index (χ0n) is 20.0. The number of aryl methyl sites for hydroxylation is 1. The standard InChI is InChI=1S/C28H26BrN3O3S/c1-3-18-9-11-22(12-10-18)31-28-32-27(33)26(36-28)14-21-13-24(34-4-2)25(15-23(21)29)35-17-20-8-6-5-7-19(20)16-30/h5-15,28,31H,3-4,17H2,1-2H3,(H,32,33)/b26-14-/t28-/m0/s1. The van der Waals surface area contributed by atoms with Crippen LogP contribution in [0.2, 0.25) is 0 Å². The van der Waals surface area contributed by atoms with E-state index in [1.807, 2.05) is 55.5 Å².